The number of hydrogen-bond acceptors (Lipinski definition) is 1. The normalized spacial score (nSPS) is 14.2. The molecule has 2 aromatic carbocycles. The van der Waals surface area contributed by atoms with E-state index in [1.165, 1.54) is 11.1 Å². The number of carbonyl (C=O) groups excluding carboxylic acids is 1. The van der Waals surface area contributed by atoms with Crippen LogP contribution in [0, 0.1) is 3.57 Å². The van der Waals surface area contributed by atoms with Gasteiger partial charge in [-0.25, -0.2) is 0 Å². The molecule has 1 amide bonds. The molecule has 0 saturated heterocycles. The van der Waals surface area contributed by atoms with Crippen LogP contribution in [-0.2, 0) is 12.8 Å². The van der Waals surface area contributed by atoms with E-state index in [4.69, 9.17) is 0 Å². The first kappa shape index (κ1) is 12.7. The van der Waals surface area contributed by atoms with Crippen molar-refractivity contribution < 1.29 is 4.79 Å². The zero-order valence-electron chi connectivity index (χ0n) is 10.4. The van der Waals surface area contributed by atoms with E-state index >= 15 is 0 Å². The molecule has 0 saturated carbocycles. The molecule has 1 aliphatic rings. The number of halogens is 1. The smallest absolute Gasteiger partial charge is 0.252 e. The number of nitrogens with one attached hydrogen (secondary N) is 1. The summed E-state index contributed by atoms with van der Waals surface area (Å²) in [6.45, 7) is 0. The monoisotopic (exact) mass is 363 g/mol. The van der Waals surface area contributed by atoms with Gasteiger partial charge in [0.25, 0.3) is 5.91 Å². The maximum Gasteiger partial charge on any atom is 0.252 e. The lowest BCUT2D eigenvalue weighted by Crippen LogP contribution is -2.35. The quantitative estimate of drug-likeness (QED) is 0.816. The highest BCUT2D eigenvalue weighted by molar-refractivity contribution is 14.1. The van der Waals surface area contributed by atoms with Crippen molar-refractivity contribution in [1.82, 2.24) is 5.32 Å². The number of fused-ring (bicyclic) bond motifs is 1. The van der Waals surface area contributed by atoms with Gasteiger partial charge in [-0.15, -0.1) is 0 Å². The fourth-order valence-corrected chi connectivity index (χ4v) is 3.20. The van der Waals surface area contributed by atoms with Gasteiger partial charge >= 0.3 is 0 Å². The Bertz CT molecular complexity index is 599. The van der Waals surface area contributed by atoms with Crippen molar-refractivity contribution in [3.8, 4) is 0 Å². The standard InChI is InChI=1S/C16H14INO/c17-15-8-4-3-7-14(15)16(19)18-13-9-11-5-1-2-6-12(11)10-13/h1-8,13H,9-10H2,(H,18,19). The first-order valence-electron chi connectivity index (χ1n) is 6.36. The highest BCUT2D eigenvalue weighted by Crippen LogP contribution is 2.22. The molecule has 2 nitrogen and oxygen atoms in total. The second kappa shape index (κ2) is 5.33. The molecule has 0 heterocycles. The summed E-state index contributed by atoms with van der Waals surface area (Å²) in [5.74, 6) is 0.0304. The van der Waals surface area contributed by atoms with Gasteiger partial charge in [-0.3, -0.25) is 4.79 Å². The minimum Gasteiger partial charge on any atom is -0.349 e. The summed E-state index contributed by atoms with van der Waals surface area (Å²) in [5, 5.41) is 3.14. The van der Waals surface area contributed by atoms with Gasteiger partial charge in [0.15, 0.2) is 0 Å². The highest BCUT2D eigenvalue weighted by Gasteiger charge is 2.23. The zero-order valence-corrected chi connectivity index (χ0v) is 12.6. The maximum absolute atomic E-state index is 12.3. The molecule has 1 aliphatic carbocycles. The van der Waals surface area contributed by atoms with Crippen LogP contribution in [-0.4, -0.2) is 11.9 Å². The number of benzene rings is 2. The van der Waals surface area contributed by atoms with Crippen molar-refractivity contribution in [3.63, 3.8) is 0 Å². The molecule has 0 fully saturated rings. The molecule has 0 aromatic heterocycles. The Morgan fingerprint density at radius 1 is 1.00 bits per heavy atom. The fourth-order valence-electron chi connectivity index (χ4n) is 2.57. The summed E-state index contributed by atoms with van der Waals surface area (Å²) in [5.41, 5.74) is 3.48. The predicted octanol–water partition coefficient (Wildman–Crippen LogP) is 3.19. The van der Waals surface area contributed by atoms with Crippen molar-refractivity contribution in [2.24, 2.45) is 0 Å². The second-order valence-corrected chi connectivity index (χ2v) is 5.99. The van der Waals surface area contributed by atoms with E-state index in [9.17, 15) is 4.79 Å². The van der Waals surface area contributed by atoms with Crippen LogP contribution in [0.1, 0.15) is 21.5 Å². The summed E-state index contributed by atoms with van der Waals surface area (Å²) < 4.78 is 0.994. The van der Waals surface area contributed by atoms with Crippen LogP contribution in [0.25, 0.3) is 0 Å². The number of carbonyl (C=O) groups is 1. The van der Waals surface area contributed by atoms with Crippen LogP contribution in [0.4, 0.5) is 0 Å². The van der Waals surface area contributed by atoms with Crippen molar-refractivity contribution >= 4 is 28.5 Å². The van der Waals surface area contributed by atoms with Gasteiger partial charge in [0.2, 0.25) is 0 Å². The molecule has 0 atom stereocenters. The Morgan fingerprint density at radius 2 is 1.58 bits per heavy atom. The lowest BCUT2D eigenvalue weighted by Gasteiger charge is -2.12. The third kappa shape index (κ3) is 2.66. The molecular formula is C16H14INO. The number of hydrogen-bond donors (Lipinski definition) is 1. The van der Waals surface area contributed by atoms with E-state index < -0.39 is 0 Å². The number of amides is 1. The highest BCUT2D eigenvalue weighted by atomic mass is 127. The largest absolute Gasteiger partial charge is 0.349 e. The Labute approximate surface area is 126 Å². The topological polar surface area (TPSA) is 29.1 Å². The third-order valence-corrected chi connectivity index (χ3v) is 4.45. The van der Waals surface area contributed by atoms with E-state index in [0.717, 1.165) is 22.0 Å². The molecule has 3 heteroatoms. The third-order valence-electron chi connectivity index (χ3n) is 3.50. The summed E-state index contributed by atoms with van der Waals surface area (Å²) in [6.07, 6.45) is 1.87. The first-order valence-corrected chi connectivity index (χ1v) is 7.44. The van der Waals surface area contributed by atoms with Crippen LogP contribution in [0.5, 0.6) is 0 Å². The molecule has 0 bridgehead atoms. The summed E-state index contributed by atoms with van der Waals surface area (Å²) in [6, 6.07) is 16.3. The first-order chi connectivity index (χ1) is 9.24. The van der Waals surface area contributed by atoms with Gasteiger partial charge in [-0.05, 0) is 58.7 Å². The van der Waals surface area contributed by atoms with Crippen molar-refractivity contribution in [1.29, 1.82) is 0 Å². The van der Waals surface area contributed by atoms with Gasteiger partial charge in [0, 0.05) is 9.61 Å². The SMILES string of the molecule is O=C(NC1Cc2ccccc2C1)c1ccccc1I. The Morgan fingerprint density at radius 3 is 2.21 bits per heavy atom. The Balaban J connectivity index is 1.71. The predicted molar refractivity (Wildman–Crippen MR) is 84.3 cm³/mol. The minimum atomic E-state index is 0.0304. The van der Waals surface area contributed by atoms with Crippen molar-refractivity contribution in [2.45, 2.75) is 18.9 Å². The molecule has 0 aliphatic heterocycles. The average molecular weight is 363 g/mol. The van der Waals surface area contributed by atoms with Gasteiger partial charge in [-0.2, -0.15) is 0 Å². The molecule has 19 heavy (non-hydrogen) atoms. The van der Waals surface area contributed by atoms with Crippen LogP contribution < -0.4 is 5.32 Å². The van der Waals surface area contributed by atoms with Crippen molar-refractivity contribution in [3.05, 3.63) is 68.8 Å². The average Bonchev–Trinajstić information content (AvgIpc) is 2.81. The molecule has 1 N–H and O–H groups in total. The van der Waals surface area contributed by atoms with Crippen LogP contribution >= 0.6 is 22.6 Å². The van der Waals surface area contributed by atoms with E-state index in [2.05, 4.69) is 52.2 Å². The van der Waals surface area contributed by atoms with E-state index in [0.29, 0.717) is 0 Å². The van der Waals surface area contributed by atoms with Gasteiger partial charge < -0.3 is 5.32 Å². The lowest BCUT2D eigenvalue weighted by molar-refractivity contribution is 0.0937. The molecule has 0 spiro atoms. The maximum atomic E-state index is 12.3. The molecule has 96 valence electrons. The van der Waals surface area contributed by atoms with E-state index in [1.807, 2.05) is 24.3 Å². The van der Waals surface area contributed by atoms with E-state index in [1.54, 1.807) is 0 Å². The molecule has 3 rings (SSSR count). The second-order valence-electron chi connectivity index (χ2n) is 4.83. The lowest BCUT2D eigenvalue weighted by atomic mass is 10.1. The molecule has 0 unspecified atom stereocenters. The van der Waals surface area contributed by atoms with Crippen LogP contribution in [0.3, 0.4) is 0 Å². The summed E-state index contributed by atoms with van der Waals surface area (Å²) in [7, 11) is 0. The van der Waals surface area contributed by atoms with Gasteiger partial charge in [0.1, 0.15) is 0 Å². The van der Waals surface area contributed by atoms with Crippen molar-refractivity contribution in [2.75, 3.05) is 0 Å². The summed E-state index contributed by atoms with van der Waals surface area (Å²) in [4.78, 5) is 12.3. The van der Waals surface area contributed by atoms with Gasteiger partial charge in [-0.1, -0.05) is 36.4 Å². The zero-order chi connectivity index (χ0) is 13.2. The summed E-state index contributed by atoms with van der Waals surface area (Å²) >= 11 is 2.20. The molecule has 0 radical (unpaired) electrons. The minimum absolute atomic E-state index is 0.0304. The van der Waals surface area contributed by atoms with Crippen LogP contribution in [0.15, 0.2) is 48.5 Å². The Kier molecular flexibility index (Phi) is 3.55. The molecular weight excluding hydrogens is 349 g/mol. The van der Waals surface area contributed by atoms with E-state index in [-0.39, 0.29) is 11.9 Å². The fraction of sp³-hybridized carbons (Fsp3) is 0.188. The van der Waals surface area contributed by atoms with Crippen LogP contribution in [0.2, 0.25) is 0 Å². The molecule has 2 aromatic rings. The Hall–Kier alpha value is -1.36. The van der Waals surface area contributed by atoms with Gasteiger partial charge in [0.05, 0.1) is 5.56 Å². The number of rotatable bonds is 2.